The topological polar surface area (TPSA) is 75.4 Å². The van der Waals surface area contributed by atoms with E-state index in [4.69, 9.17) is 5.73 Å². The first-order chi connectivity index (χ1) is 7.72. The molecule has 2 atom stereocenters. The molecule has 2 saturated heterocycles. The molecular formula is C10H18ClN3O2S. The zero-order valence-corrected chi connectivity index (χ0v) is 11.2. The molecule has 0 spiro atoms. The molecule has 0 aromatic rings. The summed E-state index contributed by atoms with van der Waals surface area (Å²) in [5.74, 6) is 0.583. The number of piperidine rings is 1. The second kappa shape index (κ2) is 6.47. The zero-order valence-electron chi connectivity index (χ0n) is 9.55. The summed E-state index contributed by atoms with van der Waals surface area (Å²) in [6.07, 6.45) is 3.16. The number of nitrogens with one attached hydrogen (secondary N) is 1. The molecule has 1 unspecified atom stereocenters. The van der Waals surface area contributed by atoms with E-state index in [1.807, 2.05) is 4.90 Å². The number of rotatable bonds is 2. The summed E-state index contributed by atoms with van der Waals surface area (Å²) in [7, 11) is 0. The minimum atomic E-state index is -0.343. The van der Waals surface area contributed by atoms with Gasteiger partial charge in [-0.15, -0.1) is 12.4 Å². The standard InChI is InChI=1S/C10H17N3O2S.ClH/c11-5-7-3-1-2-4-13(7)9(14)8-6-16-10(15)12-8;/h7-8H,1-6,11H2,(H,12,15);1H/t7?,8-;/m0./s1. The molecule has 98 valence electrons. The summed E-state index contributed by atoms with van der Waals surface area (Å²) in [5.41, 5.74) is 5.67. The van der Waals surface area contributed by atoms with Gasteiger partial charge in [-0.2, -0.15) is 0 Å². The van der Waals surface area contributed by atoms with E-state index in [2.05, 4.69) is 5.32 Å². The smallest absolute Gasteiger partial charge is 0.279 e. The van der Waals surface area contributed by atoms with Crippen molar-refractivity contribution in [2.75, 3.05) is 18.8 Å². The van der Waals surface area contributed by atoms with Crippen LogP contribution in [0.15, 0.2) is 0 Å². The van der Waals surface area contributed by atoms with Gasteiger partial charge in [0.25, 0.3) is 5.24 Å². The summed E-state index contributed by atoms with van der Waals surface area (Å²) in [6.45, 7) is 1.29. The van der Waals surface area contributed by atoms with Crippen molar-refractivity contribution >= 4 is 35.3 Å². The number of nitrogens with two attached hydrogens (primary N) is 1. The Morgan fingerprint density at radius 1 is 1.53 bits per heavy atom. The van der Waals surface area contributed by atoms with Gasteiger partial charge in [-0.3, -0.25) is 9.59 Å². The lowest BCUT2D eigenvalue weighted by Crippen LogP contribution is -2.53. The molecule has 0 aromatic heterocycles. The molecule has 0 bridgehead atoms. The Hall–Kier alpha value is -0.460. The summed E-state index contributed by atoms with van der Waals surface area (Å²) in [5, 5.41) is 2.59. The van der Waals surface area contributed by atoms with E-state index in [0.29, 0.717) is 12.3 Å². The van der Waals surface area contributed by atoms with E-state index in [9.17, 15) is 9.59 Å². The Labute approximate surface area is 111 Å². The zero-order chi connectivity index (χ0) is 11.5. The minimum absolute atomic E-state index is 0. The van der Waals surface area contributed by atoms with Gasteiger partial charge >= 0.3 is 0 Å². The molecule has 2 aliphatic heterocycles. The predicted molar refractivity (Wildman–Crippen MR) is 70.4 cm³/mol. The Morgan fingerprint density at radius 3 is 2.88 bits per heavy atom. The molecule has 2 rings (SSSR count). The van der Waals surface area contributed by atoms with Crippen molar-refractivity contribution in [3.05, 3.63) is 0 Å². The number of hydrogen-bond donors (Lipinski definition) is 2. The quantitative estimate of drug-likeness (QED) is 0.775. The van der Waals surface area contributed by atoms with Crippen molar-refractivity contribution in [1.29, 1.82) is 0 Å². The maximum absolute atomic E-state index is 12.2. The first-order valence-corrected chi connectivity index (χ1v) is 6.65. The molecule has 0 radical (unpaired) electrons. The number of nitrogens with zero attached hydrogens (tertiary/aromatic N) is 1. The van der Waals surface area contributed by atoms with E-state index >= 15 is 0 Å². The van der Waals surface area contributed by atoms with E-state index in [1.165, 1.54) is 11.8 Å². The van der Waals surface area contributed by atoms with Crippen LogP contribution in [0.4, 0.5) is 4.79 Å². The van der Waals surface area contributed by atoms with Crippen LogP contribution in [0.25, 0.3) is 0 Å². The van der Waals surface area contributed by atoms with Gasteiger partial charge in [-0.25, -0.2) is 0 Å². The lowest BCUT2D eigenvalue weighted by molar-refractivity contribution is -0.135. The predicted octanol–water partition coefficient (Wildman–Crippen LogP) is 0.573. The van der Waals surface area contributed by atoms with Gasteiger partial charge < -0.3 is 16.0 Å². The third kappa shape index (κ3) is 3.26. The molecule has 7 heteroatoms. The summed E-state index contributed by atoms with van der Waals surface area (Å²) < 4.78 is 0. The third-order valence-electron chi connectivity index (χ3n) is 3.15. The van der Waals surface area contributed by atoms with Crippen LogP contribution in [0.2, 0.25) is 0 Å². The average Bonchev–Trinajstić information content (AvgIpc) is 2.75. The third-order valence-corrected chi connectivity index (χ3v) is 4.03. The van der Waals surface area contributed by atoms with Crippen LogP contribution in [0.5, 0.6) is 0 Å². The number of hydrogen-bond acceptors (Lipinski definition) is 4. The molecule has 0 aromatic carbocycles. The highest BCUT2D eigenvalue weighted by Crippen LogP contribution is 2.20. The number of thioether (sulfide) groups is 1. The maximum atomic E-state index is 12.2. The van der Waals surface area contributed by atoms with E-state index < -0.39 is 0 Å². The SMILES string of the molecule is Cl.NCC1CCCCN1C(=O)[C@@H]1CSC(=O)N1. The number of likely N-dealkylation sites (tertiary alicyclic amines) is 1. The average molecular weight is 280 g/mol. The second-order valence-corrected chi connectivity index (χ2v) is 5.21. The number of halogens is 1. The van der Waals surface area contributed by atoms with Crippen molar-refractivity contribution in [2.24, 2.45) is 5.73 Å². The van der Waals surface area contributed by atoms with Gasteiger partial charge in [-0.1, -0.05) is 11.8 Å². The maximum Gasteiger partial charge on any atom is 0.279 e. The monoisotopic (exact) mass is 279 g/mol. The lowest BCUT2D eigenvalue weighted by Gasteiger charge is -2.36. The highest BCUT2D eigenvalue weighted by molar-refractivity contribution is 8.14. The molecule has 3 N–H and O–H groups in total. The van der Waals surface area contributed by atoms with Crippen molar-refractivity contribution in [1.82, 2.24) is 10.2 Å². The van der Waals surface area contributed by atoms with Crippen LogP contribution in [-0.4, -0.2) is 47.0 Å². The molecule has 2 aliphatic rings. The number of carbonyl (C=O) groups is 2. The van der Waals surface area contributed by atoms with Crippen LogP contribution in [-0.2, 0) is 4.79 Å². The van der Waals surface area contributed by atoms with Gasteiger partial charge in [0.1, 0.15) is 6.04 Å². The fourth-order valence-corrected chi connectivity index (χ4v) is 3.02. The first-order valence-electron chi connectivity index (χ1n) is 5.66. The Bertz CT molecular complexity index is 303. The first kappa shape index (κ1) is 14.6. The van der Waals surface area contributed by atoms with Gasteiger partial charge in [0.05, 0.1) is 0 Å². The van der Waals surface area contributed by atoms with Crippen LogP contribution < -0.4 is 11.1 Å². The van der Waals surface area contributed by atoms with E-state index in [-0.39, 0.29) is 35.6 Å². The molecule has 0 aliphatic carbocycles. The summed E-state index contributed by atoms with van der Waals surface area (Å²) >= 11 is 1.18. The molecule has 17 heavy (non-hydrogen) atoms. The molecular weight excluding hydrogens is 262 g/mol. The van der Waals surface area contributed by atoms with Gasteiger partial charge in [-0.05, 0) is 19.3 Å². The molecule has 2 heterocycles. The van der Waals surface area contributed by atoms with Crippen molar-refractivity contribution < 1.29 is 9.59 Å². The lowest BCUT2D eigenvalue weighted by atomic mass is 10.0. The Kier molecular flexibility index (Phi) is 5.55. The number of carbonyl (C=O) groups excluding carboxylic acids is 2. The van der Waals surface area contributed by atoms with E-state index in [0.717, 1.165) is 25.8 Å². The fourth-order valence-electron chi connectivity index (χ4n) is 2.25. The largest absolute Gasteiger partial charge is 0.337 e. The fraction of sp³-hybridized carbons (Fsp3) is 0.800. The highest BCUT2D eigenvalue weighted by Gasteiger charge is 2.34. The second-order valence-electron chi connectivity index (χ2n) is 4.21. The van der Waals surface area contributed by atoms with Crippen molar-refractivity contribution in [3.63, 3.8) is 0 Å². The molecule has 2 amide bonds. The minimum Gasteiger partial charge on any atom is -0.337 e. The number of amides is 2. The van der Waals surface area contributed by atoms with E-state index in [1.54, 1.807) is 0 Å². The summed E-state index contributed by atoms with van der Waals surface area (Å²) in [6, 6.07) is -0.187. The van der Waals surface area contributed by atoms with Crippen molar-refractivity contribution in [2.45, 2.75) is 31.3 Å². The molecule has 2 fully saturated rings. The van der Waals surface area contributed by atoms with Gasteiger partial charge in [0.15, 0.2) is 0 Å². The van der Waals surface area contributed by atoms with Gasteiger partial charge in [0.2, 0.25) is 5.91 Å². The normalized spacial score (nSPS) is 28.5. The Balaban J connectivity index is 0.00000144. The molecule has 0 saturated carbocycles. The Morgan fingerprint density at radius 2 is 2.29 bits per heavy atom. The highest BCUT2D eigenvalue weighted by atomic mass is 35.5. The van der Waals surface area contributed by atoms with Crippen LogP contribution in [0.3, 0.4) is 0 Å². The van der Waals surface area contributed by atoms with Crippen LogP contribution in [0, 0.1) is 0 Å². The van der Waals surface area contributed by atoms with Crippen LogP contribution in [0.1, 0.15) is 19.3 Å². The molecule has 5 nitrogen and oxygen atoms in total. The summed E-state index contributed by atoms with van der Waals surface area (Å²) in [4.78, 5) is 25.1. The van der Waals surface area contributed by atoms with Gasteiger partial charge in [0, 0.05) is 24.9 Å². The van der Waals surface area contributed by atoms with Crippen molar-refractivity contribution in [3.8, 4) is 0 Å². The van der Waals surface area contributed by atoms with Crippen LogP contribution >= 0.6 is 24.2 Å².